The lowest BCUT2D eigenvalue weighted by Gasteiger charge is -2.24. The number of esters is 1. The van der Waals surface area contributed by atoms with Crippen LogP contribution in [0.15, 0.2) is 5.10 Å². The standard InChI is InChI=1S/C16H26N2O5/c1-16(22-9-10-23-16)11-14(19)18-17-13-6-4-3-5-12(13)7-8-15(20)21-2/h12H,3-11H2,1-2H3,(H,18,19). The van der Waals surface area contributed by atoms with Gasteiger partial charge in [0.2, 0.25) is 5.91 Å². The van der Waals surface area contributed by atoms with Crippen LogP contribution in [0.3, 0.4) is 0 Å². The van der Waals surface area contributed by atoms with Crippen molar-refractivity contribution in [2.75, 3.05) is 20.3 Å². The van der Waals surface area contributed by atoms with Gasteiger partial charge < -0.3 is 14.2 Å². The Balaban J connectivity index is 1.85. The van der Waals surface area contributed by atoms with Gasteiger partial charge in [-0.2, -0.15) is 5.10 Å². The molecule has 1 N–H and O–H groups in total. The number of carbonyl (C=O) groups excluding carboxylic acids is 2. The van der Waals surface area contributed by atoms with Gasteiger partial charge >= 0.3 is 5.97 Å². The predicted molar refractivity (Wildman–Crippen MR) is 83.7 cm³/mol. The van der Waals surface area contributed by atoms with Crippen LogP contribution in [0.25, 0.3) is 0 Å². The first-order chi connectivity index (χ1) is 11.0. The highest BCUT2D eigenvalue weighted by atomic mass is 16.7. The molecule has 0 aromatic rings. The second-order valence-corrected chi connectivity index (χ2v) is 6.20. The molecule has 1 atom stereocenters. The molecule has 0 aromatic heterocycles. The molecule has 0 radical (unpaired) electrons. The van der Waals surface area contributed by atoms with Gasteiger partial charge in [0.1, 0.15) is 0 Å². The monoisotopic (exact) mass is 326 g/mol. The van der Waals surface area contributed by atoms with Gasteiger partial charge in [-0.15, -0.1) is 0 Å². The zero-order valence-electron chi connectivity index (χ0n) is 13.9. The summed E-state index contributed by atoms with van der Waals surface area (Å²) in [5.41, 5.74) is 3.57. The normalized spacial score (nSPS) is 25.3. The summed E-state index contributed by atoms with van der Waals surface area (Å²) in [5, 5.41) is 4.30. The third-order valence-corrected chi connectivity index (χ3v) is 4.34. The second kappa shape index (κ2) is 8.40. The molecule has 0 aromatic carbocycles. The van der Waals surface area contributed by atoms with Crippen molar-refractivity contribution in [1.29, 1.82) is 0 Å². The van der Waals surface area contributed by atoms with Crippen molar-refractivity contribution in [2.45, 2.75) is 57.7 Å². The second-order valence-electron chi connectivity index (χ2n) is 6.20. The maximum Gasteiger partial charge on any atom is 0.305 e. The maximum absolute atomic E-state index is 12.0. The smallest absolute Gasteiger partial charge is 0.305 e. The molecule has 1 saturated heterocycles. The Kier molecular flexibility index (Phi) is 6.53. The van der Waals surface area contributed by atoms with Crippen LogP contribution in [0.2, 0.25) is 0 Å². The van der Waals surface area contributed by atoms with Crippen molar-refractivity contribution in [3.63, 3.8) is 0 Å². The predicted octanol–water partition coefficient (Wildman–Crippen LogP) is 1.76. The minimum absolute atomic E-state index is 0.122. The lowest BCUT2D eigenvalue weighted by atomic mass is 9.84. The molecule has 1 aliphatic carbocycles. The molecular weight excluding hydrogens is 300 g/mol. The zero-order chi connectivity index (χ0) is 16.7. The summed E-state index contributed by atoms with van der Waals surface area (Å²) in [7, 11) is 1.40. The largest absolute Gasteiger partial charge is 0.469 e. The molecule has 1 aliphatic heterocycles. The fraction of sp³-hybridized carbons (Fsp3) is 0.812. The average Bonchev–Trinajstić information content (AvgIpc) is 2.97. The summed E-state index contributed by atoms with van der Waals surface area (Å²) in [4.78, 5) is 23.3. The summed E-state index contributed by atoms with van der Waals surface area (Å²) >= 11 is 0. The van der Waals surface area contributed by atoms with Gasteiger partial charge in [-0.25, -0.2) is 5.43 Å². The molecule has 0 spiro atoms. The number of carbonyl (C=O) groups is 2. The fourth-order valence-corrected chi connectivity index (χ4v) is 3.04. The molecule has 1 heterocycles. The molecule has 2 fully saturated rings. The van der Waals surface area contributed by atoms with Crippen molar-refractivity contribution >= 4 is 17.6 Å². The minimum Gasteiger partial charge on any atom is -0.469 e. The van der Waals surface area contributed by atoms with Crippen molar-refractivity contribution in [3.05, 3.63) is 0 Å². The van der Waals surface area contributed by atoms with E-state index >= 15 is 0 Å². The van der Waals surface area contributed by atoms with Crippen molar-refractivity contribution in [3.8, 4) is 0 Å². The van der Waals surface area contributed by atoms with Crippen LogP contribution in [0.4, 0.5) is 0 Å². The SMILES string of the molecule is COC(=O)CCC1CCCCC1=NNC(=O)CC1(C)OCCO1. The molecule has 2 aliphatic rings. The van der Waals surface area contributed by atoms with Gasteiger partial charge in [-0.05, 0) is 38.5 Å². The Bertz CT molecular complexity index is 457. The average molecular weight is 326 g/mol. The number of nitrogens with zero attached hydrogens (tertiary/aromatic N) is 1. The summed E-state index contributed by atoms with van der Waals surface area (Å²) in [6, 6.07) is 0. The van der Waals surface area contributed by atoms with E-state index in [1.807, 2.05) is 0 Å². The van der Waals surface area contributed by atoms with Crippen molar-refractivity contribution in [1.82, 2.24) is 5.43 Å². The zero-order valence-corrected chi connectivity index (χ0v) is 13.9. The maximum atomic E-state index is 12.0. The Labute approximate surface area is 136 Å². The molecule has 1 unspecified atom stereocenters. The molecule has 0 bridgehead atoms. The molecule has 7 heteroatoms. The highest BCUT2D eigenvalue weighted by Gasteiger charge is 2.33. The summed E-state index contributed by atoms with van der Waals surface area (Å²) in [5.74, 6) is -1.04. The van der Waals surface area contributed by atoms with Crippen LogP contribution in [0.5, 0.6) is 0 Å². The number of amides is 1. The quantitative estimate of drug-likeness (QED) is 0.594. The number of methoxy groups -OCH3 is 1. The van der Waals surface area contributed by atoms with Gasteiger partial charge in [-0.1, -0.05) is 6.42 Å². The van der Waals surface area contributed by atoms with E-state index in [-0.39, 0.29) is 24.2 Å². The Morgan fingerprint density at radius 1 is 1.35 bits per heavy atom. The molecular formula is C16H26N2O5. The number of rotatable bonds is 6. The van der Waals surface area contributed by atoms with Gasteiger partial charge in [0, 0.05) is 12.1 Å². The number of hydrogen-bond acceptors (Lipinski definition) is 6. The lowest BCUT2D eigenvalue weighted by Crippen LogP contribution is -2.34. The highest BCUT2D eigenvalue weighted by molar-refractivity contribution is 5.89. The van der Waals surface area contributed by atoms with Crippen LogP contribution in [-0.2, 0) is 23.8 Å². The van der Waals surface area contributed by atoms with E-state index in [9.17, 15) is 9.59 Å². The number of ether oxygens (including phenoxy) is 3. The number of hydrogen-bond donors (Lipinski definition) is 1. The molecule has 1 amide bonds. The third kappa shape index (κ3) is 5.58. The summed E-state index contributed by atoms with van der Waals surface area (Å²) in [6.45, 7) is 2.77. The number of nitrogens with one attached hydrogen (secondary N) is 1. The third-order valence-electron chi connectivity index (χ3n) is 4.34. The van der Waals surface area contributed by atoms with E-state index in [0.29, 0.717) is 26.1 Å². The van der Waals surface area contributed by atoms with E-state index in [0.717, 1.165) is 31.4 Å². The minimum atomic E-state index is -0.846. The lowest BCUT2D eigenvalue weighted by molar-refractivity contribution is -0.159. The van der Waals surface area contributed by atoms with Crippen LogP contribution in [0, 0.1) is 5.92 Å². The van der Waals surface area contributed by atoms with E-state index in [4.69, 9.17) is 9.47 Å². The van der Waals surface area contributed by atoms with E-state index in [1.54, 1.807) is 6.92 Å². The van der Waals surface area contributed by atoms with E-state index < -0.39 is 5.79 Å². The first kappa shape index (κ1) is 17.9. The van der Waals surface area contributed by atoms with Crippen molar-refractivity contribution < 1.29 is 23.8 Å². The van der Waals surface area contributed by atoms with Gasteiger partial charge in [0.15, 0.2) is 5.79 Å². The molecule has 23 heavy (non-hydrogen) atoms. The Morgan fingerprint density at radius 3 is 2.78 bits per heavy atom. The van der Waals surface area contributed by atoms with Crippen LogP contribution in [-0.4, -0.2) is 43.7 Å². The van der Waals surface area contributed by atoms with E-state index in [1.165, 1.54) is 7.11 Å². The Morgan fingerprint density at radius 2 is 2.09 bits per heavy atom. The van der Waals surface area contributed by atoms with Crippen LogP contribution >= 0.6 is 0 Å². The van der Waals surface area contributed by atoms with Crippen LogP contribution < -0.4 is 5.43 Å². The molecule has 1 saturated carbocycles. The first-order valence-corrected chi connectivity index (χ1v) is 8.22. The van der Waals surface area contributed by atoms with Gasteiger partial charge in [-0.3, -0.25) is 9.59 Å². The van der Waals surface area contributed by atoms with Crippen molar-refractivity contribution in [2.24, 2.45) is 11.0 Å². The molecule has 2 rings (SSSR count). The van der Waals surface area contributed by atoms with Gasteiger partial charge in [0.25, 0.3) is 0 Å². The van der Waals surface area contributed by atoms with Crippen LogP contribution in [0.1, 0.15) is 51.9 Å². The topological polar surface area (TPSA) is 86.2 Å². The fourth-order valence-electron chi connectivity index (χ4n) is 3.04. The molecule has 7 nitrogen and oxygen atoms in total. The Hall–Kier alpha value is -1.47. The van der Waals surface area contributed by atoms with Gasteiger partial charge in [0.05, 0.1) is 26.7 Å². The summed E-state index contributed by atoms with van der Waals surface area (Å²) < 4.78 is 15.5. The summed E-state index contributed by atoms with van der Waals surface area (Å²) in [6.07, 6.45) is 5.26. The first-order valence-electron chi connectivity index (χ1n) is 8.22. The molecule has 130 valence electrons. The number of hydrazone groups is 1. The highest BCUT2D eigenvalue weighted by Crippen LogP contribution is 2.26. The van der Waals surface area contributed by atoms with E-state index in [2.05, 4.69) is 15.3 Å².